The number of rotatable bonds is 6. The summed E-state index contributed by atoms with van der Waals surface area (Å²) in [5.74, 6) is -0.698. The SMILES string of the molecule is CC(=O)Nc1ccc(N2C(=O)C[C@@H](NCCc3c[nH]c4ccc(Cl)cc34)C2=O)cc1. The Bertz CT molecular complexity index is 1120. The molecule has 0 radical (unpaired) electrons. The van der Waals surface area contributed by atoms with Crippen LogP contribution in [-0.2, 0) is 20.8 Å². The Labute approximate surface area is 178 Å². The second kappa shape index (κ2) is 8.30. The molecule has 7 nitrogen and oxygen atoms in total. The smallest absolute Gasteiger partial charge is 0.251 e. The van der Waals surface area contributed by atoms with E-state index in [-0.39, 0.29) is 24.1 Å². The molecule has 0 bridgehead atoms. The molecule has 1 aromatic heterocycles. The van der Waals surface area contributed by atoms with E-state index in [2.05, 4.69) is 15.6 Å². The lowest BCUT2D eigenvalue weighted by atomic mass is 10.1. The number of aromatic amines is 1. The molecule has 3 aromatic rings. The predicted octanol–water partition coefficient (Wildman–Crippen LogP) is 3.24. The third-order valence-electron chi connectivity index (χ3n) is 5.11. The number of imide groups is 1. The lowest BCUT2D eigenvalue weighted by Crippen LogP contribution is -2.39. The number of nitrogens with zero attached hydrogens (tertiary/aromatic N) is 1. The molecular weight excluding hydrogens is 404 g/mol. The van der Waals surface area contributed by atoms with Gasteiger partial charge in [-0.2, -0.15) is 0 Å². The average Bonchev–Trinajstić information content (AvgIpc) is 3.22. The molecule has 1 fully saturated rings. The number of nitrogens with one attached hydrogen (secondary N) is 3. The van der Waals surface area contributed by atoms with Gasteiger partial charge in [-0.3, -0.25) is 14.4 Å². The van der Waals surface area contributed by atoms with Gasteiger partial charge in [-0.15, -0.1) is 0 Å². The number of H-pyrrole nitrogens is 1. The maximum absolute atomic E-state index is 12.8. The van der Waals surface area contributed by atoms with E-state index in [1.807, 2.05) is 24.4 Å². The maximum Gasteiger partial charge on any atom is 0.251 e. The Morgan fingerprint density at radius 3 is 2.70 bits per heavy atom. The predicted molar refractivity (Wildman–Crippen MR) is 117 cm³/mol. The molecule has 3 N–H and O–H groups in total. The maximum atomic E-state index is 12.8. The van der Waals surface area contributed by atoms with Crippen LogP contribution in [0.2, 0.25) is 5.02 Å². The fraction of sp³-hybridized carbons (Fsp3) is 0.227. The summed E-state index contributed by atoms with van der Waals surface area (Å²) in [5.41, 5.74) is 3.21. The standard InChI is InChI=1S/C22H21ClN4O3/c1-13(28)26-16-3-5-17(6-4-16)27-21(29)11-20(22(27)30)24-9-8-14-12-25-19-7-2-15(23)10-18(14)19/h2-7,10,12,20,24-25H,8-9,11H2,1H3,(H,26,28)/t20-/m1/s1. The van der Waals surface area contributed by atoms with Crippen molar-refractivity contribution in [1.29, 1.82) is 0 Å². The van der Waals surface area contributed by atoms with Crippen molar-refractivity contribution in [2.45, 2.75) is 25.8 Å². The van der Waals surface area contributed by atoms with E-state index in [0.29, 0.717) is 29.4 Å². The Morgan fingerprint density at radius 2 is 1.97 bits per heavy atom. The Hall–Kier alpha value is -3.16. The molecular formula is C22H21ClN4O3. The molecule has 0 aliphatic carbocycles. The number of fused-ring (bicyclic) bond motifs is 1. The van der Waals surface area contributed by atoms with Gasteiger partial charge >= 0.3 is 0 Å². The van der Waals surface area contributed by atoms with Gasteiger partial charge in [0.1, 0.15) is 0 Å². The second-order valence-electron chi connectivity index (χ2n) is 7.26. The van der Waals surface area contributed by atoms with Crippen LogP contribution in [0.15, 0.2) is 48.7 Å². The third-order valence-corrected chi connectivity index (χ3v) is 5.34. The third kappa shape index (κ3) is 4.08. The molecule has 3 amide bonds. The number of amides is 3. The number of carbonyl (C=O) groups is 3. The summed E-state index contributed by atoms with van der Waals surface area (Å²) in [6, 6.07) is 11.8. The summed E-state index contributed by atoms with van der Waals surface area (Å²) in [6.07, 6.45) is 2.75. The highest BCUT2D eigenvalue weighted by atomic mass is 35.5. The van der Waals surface area contributed by atoms with E-state index in [0.717, 1.165) is 16.5 Å². The average molecular weight is 425 g/mol. The fourth-order valence-electron chi connectivity index (χ4n) is 3.70. The van der Waals surface area contributed by atoms with Gasteiger partial charge in [0.05, 0.1) is 18.2 Å². The zero-order valence-corrected chi connectivity index (χ0v) is 17.1. The molecule has 2 heterocycles. The van der Waals surface area contributed by atoms with Crippen LogP contribution < -0.4 is 15.5 Å². The van der Waals surface area contributed by atoms with E-state index >= 15 is 0 Å². The second-order valence-corrected chi connectivity index (χ2v) is 7.70. The zero-order chi connectivity index (χ0) is 21.3. The molecule has 154 valence electrons. The normalized spacial score (nSPS) is 16.5. The van der Waals surface area contributed by atoms with Crippen molar-refractivity contribution in [2.75, 3.05) is 16.8 Å². The highest BCUT2D eigenvalue weighted by molar-refractivity contribution is 6.31. The molecule has 1 aliphatic heterocycles. The summed E-state index contributed by atoms with van der Waals surface area (Å²) in [4.78, 5) is 40.8. The number of carbonyl (C=O) groups excluding carboxylic acids is 3. The monoisotopic (exact) mass is 424 g/mol. The van der Waals surface area contributed by atoms with Gasteiger partial charge in [-0.25, -0.2) is 4.90 Å². The van der Waals surface area contributed by atoms with E-state index in [9.17, 15) is 14.4 Å². The van der Waals surface area contributed by atoms with Crippen molar-refractivity contribution in [1.82, 2.24) is 10.3 Å². The van der Waals surface area contributed by atoms with Crippen LogP contribution in [0.3, 0.4) is 0 Å². The molecule has 8 heteroatoms. The van der Waals surface area contributed by atoms with Crippen molar-refractivity contribution in [3.05, 3.63) is 59.2 Å². The van der Waals surface area contributed by atoms with Crippen molar-refractivity contribution in [2.24, 2.45) is 0 Å². The highest BCUT2D eigenvalue weighted by Crippen LogP contribution is 2.25. The summed E-state index contributed by atoms with van der Waals surface area (Å²) in [5, 5.41) is 7.59. The van der Waals surface area contributed by atoms with Crippen LogP contribution in [0.5, 0.6) is 0 Å². The summed E-state index contributed by atoms with van der Waals surface area (Å²) in [7, 11) is 0. The van der Waals surface area contributed by atoms with Gasteiger partial charge in [0, 0.05) is 41.3 Å². The number of aromatic nitrogens is 1. The van der Waals surface area contributed by atoms with Gasteiger partial charge in [0.15, 0.2) is 0 Å². The molecule has 1 saturated heterocycles. The molecule has 0 unspecified atom stereocenters. The topological polar surface area (TPSA) is 94.3 Å². The van der Waals surface area contributed by atoms with E-state index in [1.54, 1.807) is 24.3 Å². The van der Waals surface area contributed by atoms with Gasteiger partial charge in [-0.05, 0) is 54.4 Å². The molecule has 0 spiro atoms. The minimum atomic E-state index is -0.554. The van der Waals surface area contributed by atoms with Crippen LogP contribution in [0.25, 0.3) is 10.9 Å². The first kappa shape index (κ1) is 20.1. The molecule has 30 heavy (non-hydrogen) atoms. The molecule has 0 saturated carbocycles. The van der Waals surface area contributed by atoms with Crippen LogP contribution in [-0.4, -0.2) is 35.3 Å². The Kier molecular flexibility index (Phi) is 5.57. The van der Waals surface area contributed by atoms with E-state index in [1.165, 1.54) is 11.8 Å². The molecule has 2 aromatic carbocycles. The van der Waals surface area contributed by atoms with Crippen LogP contribution in [0, 0.1) is 0 Å². The molecule has 1 atom stereocenters. The molecule has 1 aliphatic rings. The van der Waals surface area contributed by atoms with Crippen LogP contribution in [0.1, 0.15) is 18.9 Å². The van der Waals surface area contributed by atoms with Crippen LogP contribution >= 0.6 is 11.6 Å². The van der Waals surface area contributed by atoms with Crippen molar-refractivity contribution >= 4 is 51.6 Å². The first-order valence-electron chi connectivity index (χ1n) is 9.66. The number of benzene rings is 2. The summed E-state index contributed by atoms with van der Waals surface area (Å²) in [6.45, 7) is 1.97. The fourth-order valence-corrected chi connectivity index (χ4v) is 3.87. The molecule has 4 rings (SSSR count). The lowest BCUT2D eigenvalue weighted by Gasteiger charge is -2.16. The van der Waals surface area contributed by atoms with Crippen molar-refractivity contribution < 1.29 is 14.4 Å². The van der Waals surface area contributed by atoms with Crippen molar-refractivity contribution in [3.8, 4) is 0 Å². The van der Waals surface area contributed by atoms with E-state index < -0.39 is 6.04 Å². The number of hydrogen-bond donors (Lipinski definition) is 3. The minimum Gasteiger partial charge on any atom is -0.361 e. The first-order chi connectivity index (χ1) is 14.4. The number of halogens is 1. The minimum absolute atomic E-state index is 0.117. The lowest BCUT2D eigenvalue weighted by molar-refractivity contribution is -0.121. The number of anilines is 2. The van der Waals surface area contributed by atoms with Gasteiger partial charge in [-0.1, -0.05) is 11.6 Å². The van der Waals surface area contributed by atoms with Gasteiger partial charge in [0.25, 0.3) is 5.91 Å². The summed E-state index contributed by atoms with van der Waals surface area (Å²) >= 11 is 6.09. The van der Waals surface area contributed by atoms with Gasteiger partial charge < -0.3 is 15.6 Å². The zero-order valence-electron chi connectivity index (χ0n) is 16.4. The highest BCUT2D eigenvalue weighted by Gasteiger charge is 2.39. The number of hydrogen-bond acceptors (Lipinski definition) is 4. The Morgan fingerprint density at radius 1 is 1.20 bits per heavy atom. The quantitative estimate of drug-likeness (QED) is 0.529. The first-order valence-corrected chi connectivity index (χ1v) is 10.0. The summed E-state index contributed by atoms with van der Waals surface area (Å²) < 4.78 is 0. The van der Waals surface area contributed by atoms with Gasteiger partial charge in [0.2, 0.25) is 11.8 Å². The Balaban J connectivity index is 1.39. The largest absolute Gasteiger partial charge is 0.361 e. The van der Waals surface area contributed by atoms with Crippen LogP contribution in [0.4, 0.5) is 11.4 Å². The van der Waals surface area contributed by atoms with Crippen molar-refractivity contribution in [3.63, 3.8) is 0 Å². The van der Waals surface area contributed by atoms with E-state index in [4.69, 9.17) is 11.6 Å².